The van der Waals surface area contributed by atoms with Crippen LogP contribution in [0.1, 0.15) is 49.6 Å². The zero-order valence-corrected chi connectivity index (χ0v) is 20.6. The van der Waals surface area contributed by atoms with Gasteiger partial charge in [0.25, 0.3) is 5.91 Å². The maximum Gasteiger partial charge on any atom is 0.325 e. The predicted octanol–water partition coefficient (Wildman–Crippen LogP) is 5.06. The van der Waals surface area contributed by atoms with Crippen LogP contribution in [0.5, 0.6) is 0 Å². The second-order valence-electron chi connectivity index (χ2n) is 8.71. The minimum Gasteiger partial charge on any atom is -0.319 e. The smallest absolute Gasteiger partial charge is 0.319 e. The highest BCUT2D eigenvalue weighted by Gasteiger charge is 2.49. The van der Waals surface area contributed by atoms with Gasteiger partial charge in [-0.1, -0.05) is 49.7 Å². The summed E-state index contributed by atoms with van der Waals surface area (Å²) in [5.41, 5.74) is 3.11. The van der Waals surface area contributed by atoms with Crippen molar-refractivity contribution in [1.29, 1.82) is 0 Å². The van der Waals surface area contributed by atoms with Crippen LogP contribution in [-0.2, 0) is 28.1 Å². The fourth-order valence-electron chi connectivity index (χ4n) is 4.16. The lowest BCUT2D eigenvalue weighted by atomic mass is 9.91. The number of imide groups is 1. The lowest BCUT2D eigenvalue weighted by molar-refractivity contribution is -0.131. The van der Waals surface area contributed by atoms with Crippen molar-refractivity contribution < 1.29 is 14.4 Å². The molecule has 3 aromatic rings. The average molecular weight is 477 g/mol. The molecule has 4 amide bonds. The Morgan fingerprint density at radius 2 is 1.91 bits per heavy atom. The van der Waals surface area contributed by atoms with Crippen molar-refractivity contribution in [3.63, 3.8) is 0 Å². The minimum atomic E-state index is -1.13. The Balaban J connectivity index is 1.55. The topological polar surface area (TPSA) is 82.6 Å². The number of rotatable bonds is 7. The molecule has 0 saturated carbocycles. The summed E-state index contributed by atoms with van der Waals surface area (Å²) in [5, 5.41) is 5.12. The van der Waals surface area contributed by atoms with Crippen molar-refractivity contribution in [1.82, 2.24) is 15.2 Å². The SMILES string of the molecule is CCCc1ccc(C2(C)NC(=O)N(Cc3csc(N(C(C)=O)c4cccc(C)c4)n3)C2=O)cc1. The average Bonchev–Trinajstić information content (AvgIpc) is 3.33. The summed E-state index contributed by atoms with van der Waals surface area (Å²) in [5.74, 6) is -0.488. The third kappa shape index (κ3) is 4.46. The molecule has 1 atom stereocenters. The Morgan fingerprint density at radius 1 is 1.18 bits per heavy atom. The largest absolute Gasteiger partial charge is 0.325 e. The van der Waals surface area contributed by atoms with E-state index < -0.39 is 11.6 Å². The molecule has 2 aromatic carbocycles. The molecule has 0 aliphatic carbocycles. The molecule has 1 saturated heterocycles. The number of aryl methyl sites for hydroxylation is 2. The number of carbonyl (C=O) groups is 3. The van der Waals surface area contributed by atoms with E-state index in [1.165, 1.54) is 33.6 Å². The maximum absolute atomic E-state index is 13.3. The molecule has 0 radical (unpaired) electrons. The highest BCUT2D eigenvalue weighted by atomic mass is 32.1. The van der Waals surface area contributed by atoms with E-state index in [0.29, 0.717) is 10.8 Å². The zero-order chi connectivity index (χ0) is 24.5. The molecule has 1 aliphatic rings. The van der Waals surface area contributed by atoms with Gasteiger partial charge in [0.15, 0.2) is 5.13 Å². The van der Waals surface area contributed by atoms with Crippen molar-refractivity contribution >= 4 is 40.0 Å². The minimum absolute atomic E-state index is 0.0320. The summed E-state index contributed by atoms with van der Waals surface area (Å²) in [6.45, 7) is 7.32. The van der Waals surface area contributed by atoms with Crippen molar-refractivity contribution in [2.45, 2.75) is 52.6 Å². The number of hydrogen-bond donors (Lipinski definition) is 1. The van der Waals surface area contributed by atoms with E-state index >= 15 is 0 Å². The van der Waals surface area contributed by atoms with E-state index in [1.54, 1.807) is 12.3 Å². The summed E-state index contributed by atoms with van der Waals surface area (Å²) in [7, 11) is 0. The van der Waals surface area contributed by atoms with Gasteiger partial charge in [-0.2, -0.15) is 0 Å². The Hall–Kier alpha value is -3.52. The normalized spacial score (nSPS) is 17.7. The third-order valence-electron chi connectivity index (χ3n) is 5.97. The van der Waals surface area contributed by atoms with Gasteiger partial charge in [0, 0.05) is 12.3 Å². The van der Waals surface area contributed by atoms with Crippen LogP contribution in [0.3, 0.4) is 0 Å². The number of nitrogens with one attached hydrogen (secondary N) is 1. The van der Waals surface area contributed by atoms with Crippen LogP contribution < -0.4 is 10.2 Å². The monoisotopic (exact) mass is 476 g/mol. The molecule has 8 heteroatoms. The van der Waals surface area contributed by atoms with E-state index in [2.05, 4.69) is 17.2 Å². The first-order valence-electron chi connectivity index (χ1n) is 11.3. The highest BCUT2D eigenvalue weighted by molar-refractivity contribution is 7.14. The molecule has 0 spiro atoms. The van der Waals surface area contributed by atoms with Gasteiger partial charge in [0.05, 0.1) is 17.9 Å². The van der Waals surface area contributed by atoms with Gasteiger partial charge >= 0.3 is 6.03 Å². The van der Waals surface area contributed by atoms with E-state index in [4.69, 9.17) is 0 Å². The van der Waals surface area contributed by atoms with Gasteiger partial charge in [0.1, 0.15) is 5.54 Å². The Bertz CT molecular complexity index is 1240. The third-order valence-corrected chi connectivity index (χ3v) is 6.85. The number of benzene rings is 2. The molecule has 1 aromatic heterocycles. The Morgan fingerprint density at radius 3 is 2.56 bits per heavy atom. The number of carbonyl (C=O) groups excluding carboxylic acids is 3. The first kappa shape index (κ1) is 23.6. The highest BCUT2D eigenvalue weighted by Crippen LogP contribution is 2.33. The summed E-state index contributed by atoms with van der Waals surface area (Å²) >= 11 is 1.30. The number of anilines is 2. The summed E-state index contributed by atoms with van der Waals surface area (Å²) in [6, 6.07) is 15.0. The summed E-state index contributed by atoms with van der Waals surface area (Å²) in [6.07, 6.45) is 2.01. The van der Waals surface area contributed by atoms with Gasteiger partial charge in [-0.15, -0.1) is 11.3 Å². The van der Waals surface area contributed by atoms with E-state index in [9.17, 15) is 14.4 Å². The van der Waals surface area contributed by atoms with Crippen molar-refractivity contribution in [3.05, 3.63) is 76.3 Å². The predicted molar refractivity (Wildman–Crippen MR) is 133 cm³/mol. The van der Waals surface area contributed by atoms with Gasteiger partial charge in [0.2, 0.25) is 5.91 Å². The fraction of sp³-hybridized carbons (Fsp3) is 0.308. The lowest BCUT2D eigenvalue weighted by Gasteiger charge is -2.22. The number of aromatic nitrogens is 1. The first-order valence-corrected chi connectivity index (χ1v) is 12.2. The van der Waals surface area contributed by atoms with E-state index in [-0.39, 0.29) is 18.4 Å². The van der Waals surface area contributed by atoms with Crippen molar-refractivity contribution in [2.75, 3.05) is 4.90 Å². The standard InChI is InChI=1S/C26H28N4O3S/c1-5-7-19-10-12-20(13-11-19)26(4)23(32)29(24(33)28-26)15-21-16-34-25(27-21)30(18(3)31)22-9-6-8-17(2)14-22/h6,8-14,16H,5,7,15H2,1-4H3,(H,28,33). The van der Waals surface area contributed by atoms with Crippen molar-refractivity contribution in [2.24, 2.45) is 0 Å². The number of urea groups is 1. The molecule has 1 aliphatic heterocycles. The molecule has 34 heavy (non-hydrogen) atoms. The van der Waals surface area contributed by atoms with E-state index in [1.807, 2.05) is 55.5 Å². The van der Waals surface area contributed by atoms with Gasteiger partial charge in [-0.3, -0.25) is 19.4 Å². The molecule has 4 rings (SSSR count). The van der Waals surface area contributed by atoms with Crippen LogP contribution in [-0.4, -0.2) is 27.7 Å². The maximum atomic E-state index is 13.3. The lowest BCUT2D eigenvalue weighted by Crippen LogP contribution is -2.40. The molecule has 1 N–H and O–H groups in total. The molecule has 176 valence electrons. The van der Waals surface area contributed by atoms with Crippen LogP contribution in [0.15, 0.2) is 53.9 Å². The van der Waals surface area contributed by atoms with E-state index in [0.717, 1.165) is 29.7 Å². The van der Waals surface area contributed by atoms with Crippen LogP contribution >= 0.6 is 11.3 Å². The molecular formula is C26H28N4O3S. The first-order chi connectivity index (χ1) is 16.2. The van der Waals surface area contributed by atoms with Gasteiger partial charge < -0.3 is 5.32 Å². The second-order valence-corrected chi connectivity index (χ2v) is 9.54. The summed E-state index contributed by atoms with van der Waals surface area (Å²) < 4.78 is 0. The number of nitrogens with zero attached hydrogens (tertiary/aromatic N) is 3. The fourth-order valence-corrected chi connectivity index (χ4v) is 5.04. The molecule has 7 nitrogen and oxygen atoms in total. The molecule has 0 bridgehead atoms. The Labute approximate surface area is 203 Å². The quantitative estimate of drug-likeness (QED) is 0.484. The zero-order valence-electron chi connectivity index (χ0n) is 19.8. The van der Waals surface area contributed by atoms with Crippen LogP contribution in [0.2, 0.25) is 0 Å². The van der Waals surface area contributed by atoms with Crippen molar-refractivity contribution in [3.8, 4) is 0 Å². The molecule has 2 heterocycles. The van der Waals surface area contributed by atoms with Gasteiger partial charge in [-0.05, 0) is 49.1 Å². The molecule has 1 unspecified atom stereocenters. The number of hydrogen-bond acceptors (Lipinski definition) is 5. The second kappa shape index (κ2) is 9.38. The Kier molecular flexibility index (Phi) is 6.52. The van der Waals surface area contributed by atoms with Crippen LogP contribution in [0.25, 0.3) is 0 Å². The van der Waals surface area contributed by atoms with Crippen LogP contribution in [0.4, 0.5) is 15.6 Å². The van der Waals surface area contributed by atoms with Crippen LogP contribution in [0, 0.1) is 6.92 Å². The molecular weight excluding hydrogens is 448 g/mol. The van der Waals surface area contributed by atoms with Gasteiger partial charge in [-0.25, -0.2) is 9.78 Å². The number of thiazole rings is 1. The molecule has 1 fully saturated rings. The number of amides is 4. The summed E-state index contributed by atoms with van der Waals surface area (Å²) in [4.78, 5) is 45.8.